The van der Waals surface area contributed by atoms with Gasteiger partial charge in [0, 0.05) is 6.92 Å². The van der Waals surface area contributed by atoms with E-state index < -0.39 is 6.36 Å². The standard InChI is InChI=1S/C15H25N.C9H11FO.2C2H6/c1-11-4-5-12(2)15(10-13(11)3)14-6-8-16-9-7-14;1-7-3-5-9(6-4-7)11-8(2)10;2*1-2/h10-11,14,16H,4-9H2,1-3H3;3-6,8H,1-2H3;2*1-2H3. The number of halogens is 1. The summed E-state index contributed by atoms with van der Waals surface area (Å²) < 4.78 is 17.1. The molecule has 3 rings (SSSR count). The normalized spacial score (nSPS) is 19.8. The minimum atomic E-state index is -1.24. The molecule has 1 aliphatic heterocycles. The van der Waals surface area contributed by atoms with E-state index in [0.717, 1.165) is 17.4 Å². The van der Waals surface area contributed by atoms with Crippen LogP contribution in [-0.2, 0) is 0 Å². The Balaban J connectivity index is 0.000000526. The van der Waals surface area contributed by atoms with Crippen LogP contribution in [0.1, 0.15) is 86.6 Å². The minimum Gasteiger partial charge on any atom is -0.461 e. The maximum absolute atomic E-state index is 12.3. The van der Waals surface area contributed by atoms with Crippen LogP contribution in [0.3, 0.4) is 0 Å². The highest BCUT2D eigenvalue weighted by molar-refractivity contribution is 5.33. The predicted molar refractivity (Wildman–Crippen MR) is 136 cm³/mol. The Bertz CT molecular complexity index is 639. The number of piperidine rings is 1. The summed E-state index contributed by atoms with van der Waals surface area (Å²) >= 11 is 0. The van der Waals surface area contributed by atoms with Crippen molar-refractivity contribution < 1.29 is 9.13 Å². The maximum atomic E-state index is 12.3. The number of aryl methyl sites for hydroxylation is 1. The smallest absolute Gasteiger partial charge is 0.235 e. The van der Waals surface area contributed by atoms with Gasteiger partial charge in [0.05, 0.1) is 0 Å². The van der Waals surface area contributed by atoms with Crippen molar-refractivity contribution in [1.82, 2.24) is 5.32 Å². The third kappa shape index (κ3) is 11.5. The zero-order valence-corrected chi connectivity index (χ0v) is 21.6. The SMILES string of the molecule is CC.CC.CC1=CC(C2CCNCC2)=C(C)CCC1C.Cc1ccc(OC(C)F)cc1. The van der Waals surface area contributed by atoms with Gasteiger partial charge in [-0.25, -0.2) is 4.39 Å². The number of benzene rings is 1. The van der Waals surface area contributed by atoms with Gasteiger partial charge < -0.3 is 10.1 Å². The Morgan fingerprint density at radius 3 is 2.00 bits per heavy atom. The highest BCUT2D eigenvalue weighted by atomic mass is 19.1. The molecule has 1 fully saturated rings. The zero-order chi connectivity index (χ0) is 23.8. The van der Waals surface area contributed by atoms with E-state index in [9.17, 15) is 4.39 Å². The minimum absolute atomic E-state index is 0.575. The predicted octanol–water partition coefficient (Wildman–Crippen LogP) is 8.42. The highest BCUT2D eigenvalue weighted by Gasteiger charge is 2.21. The summed E-state index contributed by atoms with van der Waals surface area (Å²) in [5, 5.41) is 3.46. The molecule has 1 heterocycles. The molecule has 0 aromatic heterocycles. The van der Waals surface area contributed by atoms with E-state index >= 15 is 0 Å². The number of rotatable bonds is 3. The van der Waals surface area contributed by atoms with Crippen LogP contribution < -0.4 is 10.1 Å². The van der Waals surface area contributed by atoms with Crippen molar-refractivity contribution in [3.05, 3.63) is 52.6 Å². The Hall–Kier alpha value is -1.61. The third-order valence-electron chi connectivity index (χ3n) is 5.70. The molecule has 1 saturated heterocycles. The van der Waals surface area contributed by atoms with Crippen molar-refractivity contribution in [2.45, 2.75) is 94.4 Å². The van der Waals surface area contributed by atoms with Crippen molar-refractivity contribution in [2.24, 2.45) is 11.8 Å². The van der Waals surface area contributed by atoms with Crippen LogP contribution in [0.15, 0.2) is 47.1 Å². The molecular weight excluding hydrogens is 385 g/mol. The first-order chi connectivity index (χ1) is 14.9. The number of hydrogen-bond donors (Lipinski definition) is 1. The Morgan fingerprint density at radius 2 is 1.48 bits per heavy atom. The summed E-state index contributed by atoms with van der Waals surface area (Å²) in [6, 6.07) is 7.28. The topological polar surface area (TPSA) is 21.3 Å². The molecule has 1 aromatic carbocycles. The van der Waals surface area contributed by atoms with Crippen LogP contribution in [0, 0.1) is 18.8 Å². The number of allylic oxidation sites excluding steroid dienone is 4. The summed E-state index contributed by atoms with van der Waals surface area (Å²) in [6.45, 7) is 20.8. The van der Waals surface area contributed by atoms with Gasteiger partial charge >= 0.3 is 0 Å². The number of alkyl halides is 1. The molecule has 3 heteroatoms. The summed E-state index contributed by atoms with van der Waals surface area (Å²) in [6.07, 6.45) is 6.55. The molecule has 1 N–H and O–H groups in total. The van der Waals surface area contributed by atoms with E-state index in [2.05, 4.69) is 32.2 Å². The van der Waals surface area contributed by atoms with Crippen LogP contribution in [0.2, 0.25) is 0 Å². The van der Waals surface area contributed by atoms with Crippen molar-refractivity contribution in [3.63, 3.8) is 0 Å². The molecule has 0 amide bonds. The van der Waals surface area contributed by atoms with Crippen LogP contribution in [0.4, 0.5) is 4.39 Å². The van der Waals surface area contributed by atoms with Gasteiger partial charge in [-0.15, -0.1) is 0 Å². The van der Waals surface area contributed by atoms with E-state index in [-0.39, 0.29) is 0 Å². The molecule has 2 unspecified atom stereocenters. The van der Waals surface area contributed by atoms with Gasteiger partial charge in [-0.2, -0.15) is 0 Å². The van der Waals surface area contributed by atoms with Gasteiger partial charge in [0.2, 0.25) is 6.36 Å². The molecule has 2 aliphatic rings. The molecular formula is C28H48FNO. The molecule has 1 aromatic rings. The van der Waals surface area contributed by atoms with Gasteiger partial charge in [-0.3, -0.25) is 0 Å². The molecule has 1 aliphatic carbocycles. The quantitative estimate of drug-likeness (QED) is 0.516. The molecule has 178 valence electrons. The van der Waals surface area contributed by atoms with E-state index in [4.69, 9.17) is 4.74 Å². The lowest BCUT2D eigenvalue weighted by molar-refractivity contribution is 0.0860. The average molecular weight is 434 g/mol. The van der Waals surface area contributed by atoms with Crippen molar-refractivity contribution >= 4 is 0 Å². The molecule has 0 radical (unpaired) electrons. The molecule has 0 saturated carbocycles. The molecule has 0 spiro atoms. The zero-order valence-electron chi connectivity index (χ0n) is 21.6. The highest BCUT2D eigenvalue weighted by Crippen LogP contribution is 2.33. The monoisotopic (exact) mass is 433 g/mol. The second kappa shape index (κ2) is 17.0. The summed E-state index contributed by atoms with van der Waals surface area (Å²) in [7, 11) is 0. The van der Waals surface area contributed by atoms with Gasteiger partial charge in [0.15, 0.2) is 0 Å². The van der Waals surface area contributed by atoms with Crippen molar-refractivity contribution in [3.8, 4) is 5.75 Å². The largest absolute Gasteiger partial charge is 0.461 e. The molecule has 2 nitrogen and oxygen atoms in total. The van der Waals surface area contributed by atoms with E-state index in [1.54, 1.807) is 28.9 Å². The number of nitrogens with one attached hydrogen (secondary N) is 1. The fourth-order valence-corrected chi connectivity index (χ4v) is 3.72. The number of ether oxygens (including phenoxy) is 1. The lowest BCUT2D eigenvalue weighted by Gasteiger charge is -2.25. The van der Waals surface area contributed by atoms with Crippen molar-refractivity contribution in [1.29, 1.82) is 0 Å². The van der Waals surface area contributed by atoms with Crippen LogP contribution in [-0.4, -0.2) is 19.4 Å². The molecule has 2 atom stereocenters. The van der Waals surface area contributed by atoms with E-state index in [0.29, 0.717) is 5.75 Å². The average Bonchev–Trinajstić information content (AvgIpc) is 2.92. The first-order valence-corrected chi connectivity index (χ1v) is 12.3. The Labute approximate surface area is 192 Å². The summed E-state index contributed by atoms with van der Waals surface area (Å²) in [4.78, 5) is 0. The third-order valence-corrected chi connectivity index (χ3v) is 5.70. The van der Waals surface area contributed by atoms with Crippen LogP contribution in [0.5, 0.6) is 5.75 Å². The van der Waals surface area contributed by atoms with Crippen molar-refractivity contribution in [2.75, 3.05) is 13.1 Å². The fourth-order valence-electron chi connectivity index (χ4n) is 3.72. The lowest BCUT2D eigenvalue weighted by Crippen LogP contribution is -2.28. The van der Waals surface area contributed by atoms with Crippen LogP contribution >= 0.6 is 0 Å². The van der Waals surface area contributed by atoms with E-state index in [1.807, 2.05) is 46.8 Å². The first-order valence-electron chi connectivity index (χ1n) is 12.3. The van der Waals surface area contributed by atoms with Gasteiger partial charge in [-0.1, -0.05) is 69.5 Å². The summed E-state index contributed by atoms with van der Waals surface area (Å²) in [5.41, 5.74) is 6.05. The van der Waals surface area contributed by atoms with E-state index in [1.165, 1.54) is 45.7 Å². The second-order valence-corrected chi connectivity index (χ2v) is 8.06. The Morgan fingerprint density at radius 1 is 0.935 bits per heavy atom. The summed E-state index contributed by atoms with van der Waals surface area (Å²) in [5.74, 6) is 2.17. The first kappa shape index (κ1) is 29.4. The van der Waals surface area contributed by atoms with Gasteiger partial charge in [0.25, 0.3) is 0 Å². The van der Waals surface area contributed by atoms with Crippen LogP contribution in [0.25, 0.3) is 0 Å². The number of hydrogen-bond acceptors (Lipinski definition) is 2. The van der Waals surface area contributed by atoms with Gasteiger partial charge in [-0.05, 0) is 89.1 Å². The molecule has 31 heavy (non-hydrogen) atoms. The van der Waals surface area contributed by atoms with Gasteiger partial charge in [0.1, 0.15) is 5.75 Å². The lowest BCUT2D eigenvalue weighted by atomic mass is 9.86. The second-order valence-electron chi connectivity index (χ2n) is 8.06. The maximum Gasteiger partial charge on any atom is 0.235 e. The Kier molecular flexibility index (Phi) is 16.1. The molecule has 0 bridgehead atoms. The fraction of sp³-hybridized carbons (Fsp3) is 0.643.